The Morgan fingerprint density at radius 2 is 1.91 bits per heavy atom. The first-order chi connectivity index (χ1) is 16.5. The fourth-order valence-electron chi connectivity index (χ4n) is 3.27. The van der Waals surface area contributed by atoms with Gasteiger partial charge in [-0.25, -0.2) is 4.39 Å². The second-order valence-electron chi connectivity index (χ2n) is 7.71. The van der Waals surface area contributed by atoms with E-state index >= 15 is 0 Å². The number of hydrogen-bond acceptors (Lipinski definition) is 6. The van der Waals surface area contributed by atoms with Crippen molar-refractivity contribution in [1.82, 2.24) is 20.8 Å². The van der Waals surface area contributed by atoms with Gasteiger partial charge in [-0.15, -0.1) is 0 Å². The third-order valence-corrected chi connectivity index (χ3v) is 5.13. The molecule has 0 fully saturated rings. The molecule has 0 aliphatic rings. The lowest BCUT2D eigenvalue weighted by Crippen LogP contribution is -2.24. The van der Waals surface area contributed by atoms with Crippen molar-refractivity contribution in [3.05, 3.63) is 95.0 Å². The molecule has 2 N–H and O–H groups in total. The first-order valence-electron chi connectivity index (χ1n) is 10.7. The number of carbonyl (C=O) groups is 2. The van der Waals surface area contributed by atoms with E-state index in [2.05, 4.69) is 20.8 Å². The van der Waals surface area contributed by atoms with Crippen LogP contribution >= 0.6 is 0 Å². The highest BCUT2D eigenvalue weighted by Crippen LogP contribution is 2.19. The average Bonchev–Trinajstić information content (AvgIpc) is 3.54. The number of aryl methyl sites for hydroxylation is 2. The number of nitrogens with one attached hydrogen (secondary N) is 2. The van der Waals surface area contributed by atoms with Crippen LogP contribution in [-0.4, -0.2) is 22.0 Å². The molecule has 0 saturated heterocycles. The summed E-state index contributed by atoms with van der Waals surface area (Å²) in [5.74, 6) is 0.614. The predicted molar refractivity (Wildman–Crippen MR) is 121 cm³/mol. The second-order valence-corrected chi connectivity index (χ2v) is 7.71. The van der Waals surface area contributed by atoms with Crippen LogP contribution in [0.3, 0.4) is 0 Å². The summed E-state index contributed by atoms with van der Waals surface area (Å²) >= 11 is 0. The highest BCUT2D eigenvalue weighted by molar-refractivity contribution is 5.94. The molecule has 9 heteroatoms. The minimum atomic E-state index is -0.302. The van der Waals surface area contributed by atoms with Gasteiger partial charge in [-0.3, -0.25) is 9.59 Å². The van der Waals surface area contributed by atoms with Gasteiger partial charge in [0.2, 0.25) is 17.6 Å². The zero-order chi connectivity index (χ0) is 23.9. The van der Waals surface area contributed by atoms with E-state index in [9.17, 15) is 14.0 Å². The van der Waals surface area contributed by atoms with Crippen molar-refractivity contribution in [3.8, 4) is 11.4 Å². The fourth-order valence-corrected chi connectivity index (χ4v) is 3.27. The third kappa shape index (κ3) is 5.94. The Hall–Kier alpha value is -4.27. The van der Waals surface area contributed by atoms with Gasteiger partial charge in [0.25, 0.3) is 5.91 Å². The summed E-state index contributed by atoms with van der Waals surface area (Å²) in [6.07, 6.45) is 1.98. The van der Waals surface area contributed by atoms with E-state index in [4.69, 9.17) is 8.94 Å². The molecular weight excluding hydrogens is 439 g/mol. The molecule has 0 radical (unpaired) electrons. The summed E-state index contributed by atoms with van der Waals surface area (Å²) in [5, 5.41) is 9.52. The number of amides is 2. The maximum atomic E-state index is 13.4. The van der Waals surface area contributed by atoms with Crippen molar-refractivity contribution < 1.29 is 22.9 Å². The number of carbonyl (C=O) groups excluding carboxylic acids is 2. The summed E-state index contributed by atoms with van der Waals surface area (Å²) in [7, 11) is 0. The largest absolute Gasteiger partial charge is 0.467 e. The Kier molecular flexibility index (Phi) is 7.12. The average molecular weight is 462 g/mol. The number of benzene rings is 2. The van der Waals surface area contributed by atoms with Gasteiger partial charge in [-0.2, -0.15) is 4.98 Å². The normalized spacial score (nSPS) is 10.8. The van der Waals surface area contributed by atoms with Gasteiger partial charge in [0.1, 0.15) is 11.6 Å². The van der Waals surface area contributed by atoms with Crippen LogP contribution in [0.5, 0.6) is 0 Å². The van der Waals surface area contributed by atoms with Gasteiger partial charge in [0.05, 0.1) is 12.8 Å². The number of furan rings is 1. The van der Waals surface area contributed by atoms with E-state index in [1.165, 1.54) is 6.07 Å². The summed E-state index contributed by atoms with van der Waals surface area (Å²) in [4.78, 5) is 28.9. The molecule has 4 aromatic rings. The minimum Gasteiger partial charge on any atom is -0.467 e. The molecule has 0 saturated carbocycles. The summed E-state index contributed by atoms with van der Waals surface area (Å²) < 4.78 is 23.9. The van der Waals surface area contributed by atoms with Crippen LogP contribution in [0.1, 0.15) is 39.6 Å². The zero-order valence-electron chi connectivity index (χ0n) is 18.5. The number of nitrogens with zero attached hydrogens (tertiary/aromatic N) is 2. The lowest BCUT2D eigenvalue weighted by molar-refractivity contribution is -0.121. The van der Waals surface area contributed by atoms with Crippen molar-refractivity contribution in [2.24, 2.45) is 0 Å². The van der Waals surface area contributed by atoms with Crippen molar-refractivity contribution in [2.45, 2.75) is 32.9 Å². The van der Waals surface area contributed by atoms with Gasteiger partial charge in [0.15, 0.2) is 0 Å². The first kappa shape index (κ1) is 22.9. The molecule has 8 nitrogen and oxygen atoms in total. The van der Waals surface area contributed by atoms with Crippen LogP contribution in [0.2, 0.25) is 0 Å². The molecule has 2 heterocycles. The molecule has 0 unspecified atom stereocenters. The summed E-state index contributed by atoms with van der Waals surface area (Å²) in [5.41, 5.74) is 2.42. The molecule has 0 aliphatic heterocycles. The number of aromatic nitrogens is 2. The topological polar surface area (TPSA) is 110 Å². The number of hydrogen-bond donors (Lipinski definition) is 2. The number of rotatable bonds is 9. The maximum absolute atomic E-state index is 13.4. The molecule has 2 aromatic heterocycles. The quantitative estimate of drug-likeness (QED) is 0.390. The van der Waals surface area contributed by atoms with Crippen LogP contribution in [-0.2, 0) is 24.3 Å². The zero-order valence-corrected chi connectivity index (χ0v) is 18.5. The van der Waals surface area contributed by atoms with Gasteiger partial charge < -0.3 is 19.6 Å². The standard InChI is InChI=1S/C25H23FN4O4/c1-16-12-18(7-8-21(16)26)24-29-23(34-30-24)10-9-22(31)27-14-17-4-2-5-19(13-17)25(32)28-15-20-6-3-11-33-20/h2-8,11-13H,9-10,14-15H2,1H3,(H,27,31)(H,28,32). The first-order valence-corrected chi connectivity index (χ1v) is 10.7. The predicted octanol–water partition coefficient (Wildman–Crippen LogP) is 3.96. The summed E-state index contributed by atoms with van der Waals surface area (Å²) in [6, 6.07) is 15.1. The molecule has 174 valence electrons. The monoisotopic (exact) mass is 462 g/mol. The van der Waals surface area contributed by atoms with E-state index in [0.29, 0.717) is 40.7 Å². The highest BCUT2D eigenvalue weighted by Gasteiger charge is 2.12. The molecule has 34 heavy (non-hydrogen) atoms. The molecule has 4 rings (SSSR count). The second kappa shape index (κ2) is 10.6. The smallest absolute Gasteiger partial charge is 0.251 e. The Balaban J connectivity index is 1.25. The SMILES string of the molecule is Cc1cc(-c2noc(CCC(=O)NCc3cccc(C(=O)NCc4ccco4)c3)n2)ccc1F. The number of halogens is 1. The molecule has 0 bridgehead atoms. The van der Waals surface area contributed by atoms with E-state index in [1.54, 1.807) is 55.7 Å². The van der Waals surface area contributed by atoms with Crippen LogP contribution in [0.15, 0.2) is 69.8 Å². The maximum Gasteiger partial charge on any atom is 0.251 e. The van der Waals surface area contributed by atoms with Crippen molar-refractivity contribution >= 4 is 11.8 Å². The van der Waals surface area contributed by atoms with E-state index in [-0.39, 0.29) is 37.0 Å². The summed E-state index contributed by atoms with van der Waals surface area (Å²) in [6.45, 7) is 2.24. The van der Waals surface area contributed by atoms with Gasteiger partial charge in [0, 0.05) is 30.5 Å². The molecule has 0 atom stereocenters. The Labute approximate surface area is 195 Å². The minimum absolute atomic E-state index is 0.160. The van der Waals surface area contributed by atoms with Gasteiger partial charge in [-0.05, 0) is 60.5 Å². The molecule has 0 spiro atoms. The Morgan fingerprint density at radius 3 is 2.71 bits per heavy atom. The van der Waals surface area contributed by atoms with E-state index in [1.807, 2.05) is 6.07 Å². The van der Waals surface area contributed by atoms with Crippen LogP contribution in [0, 0.1) is 12.7 Å². The van der Waals surface area contributed by atoms with Gasteiger partial charge in [-0.1, -0.05) is 17.3 Å². The lowest BCUT2D eigenvalue weighted by atomic mass is 10.1. The molecule has 0 aliphatic carbocycles. The Morgan fingerprint density at radius 1 is 1.03 bits per heavy atom. The van der Waals surface area contributed by atoms with Gasteiger partial charge >= 0.3 is 0 Å². The van der Waals surface area contributed by atoms with E-state index < -0.39 is 0 Å². The molecule has 2 aromatic carbocycles. The van der Waals surface area contributed by atoms with Crippen molar-refractivity contribution in [1.29, 1.82) is 0 Å². The third-order valence-electron chi connectivity index (χ3n) is 5.13. The molecule has 2 amide bonds. The van der Waals surface area contributed by atoms with Crippen LogP contribution in [0.25, 0.3) is 11.4 Å². The highest BCUT2D eigenvalue weighted by atomic mass is 19.1. The van der Waals surface area contributed by atoms with Crippen molar-refractivity contribution in [2.75, 3.05) is 0 Å². The van der Waals surface area contributed by atoms with Crippen LogP contribution in [0.4, 0.5) is 4.39 Å². The molecular formula is C25H23FN4O4. The van der Waals surface area contributed by atoms with E-state index in [0.717, 1.165) is 5.56 Å². The lowest BCUT2D eigenvalue weighted by Gasteiger charge is -2.07. The van der Waals surface area contributed by atoms with Crippen molar-refractivity contribution in [3.63, 3.8) is 0 Å². The fraction of sp³-hybridized carbons (Fsp3) is 0.200. The van der Waals surface area contributed by atoms with Crippen LogP contribution < -0.4 is 10.6 Å². The Bertz CT molecular complexity index is 1280.